The fraction of sp³-hybridized carbons (Fsp3) is 0.333. The summed E-state index contributed by atoms with van der Waals surface area (Å²) in [5, 5.41) is 8.93. The highest BCUT2D eigenvalue weighted by molar-refractivity contribution is 5.95. The van der Waals surface area contributed by atoms with Crippen LogP contribution in [0, 0.1) is 0 Å². The van der Waals surface area contributed by atoms with Crippen molar-refractivity contribution in [3.8, 4) is 0 Å². The van der Waals surface area contributed by atoms with Crippen molar-refractivity contribution in [2.24, 2.45) is 0 Å². The van der Waals surface area contributed by atoms with Crippen molar-refractivity contribution in [2.75, 3.05) is 6.56 Å². The van der Waals surface area contributed by atoms with Crippen LogP contribution in [0.25, 0.3) is 0 Å². The number of aliphatic hydroxyl groups is 1. The van der Waals surface area contributed by atoms with E-state index < -0.39 is 25.1 Å². The molecular formula is C9H11NO2. The topological polar surface area (TPSA) is 50.2 Å². The predicted octanol–water partition coefficient (Wildman–Crippen LogP) is 1.04. The SMILES string of the molecule is [2H]C([2H])(O)C([2H])([2H])CC(=O)c1cccnc1. The van der Waals surface area contributed by atoms with E-state index in [1.165, 1.54) is 24.5 Å². The third-order valence-electron chi connectivity index (χ3n) is 1.31. The van der Waals surface area contributed by atoms with Gasteiger partial charge in [0, 0.05) is 33.7 Å². The van der Waals surface area contributed by atoms with Gasteiger partial charge in [-0.25, -0.2) is 0 Å². The van der Waals surface area contributed by atoms with Crippen molar-refractivity contribution in [1.82, 2.24) is 4.98 Å². The number of rotatable bonds is 4. The lowest BCUT2D eigenvalue weighted by atomic mass is 10.1. The van der Waals surface area contributed by atoms with E-state index >= 15 is 0 Å². The molecule has 0 atom stereocenters. The molecule has 0 unspecified atom stereocenters. The van der Waals surface area contributed by atoms with E-state index in [0.717, 1.165) is 0 Å². The smallest absolute Gasteiger partial charge is 0.164 e. The summed E-state index contributed by atoms with van der Waals surface area (Å²) in [7, 11) is 0. The summed E-state index contributed by atoms with van der Waals surface area (Å²) >= 11 is 0. The van der Waals surface area contributed by atoms with Gasteiger partial charge in [-0.2, -0.15) is 0 Å². The number of hydrogen-bond donors (Lipinski definition) is 1. The zero-order valence-corrected chi connectivity index (χ0v) is 6.32. The minimum absolute atomic E-state index is 0.190. The van der Waals surface area contributed by atoms with E-state index in [0.29, 0.717) is 0 Å². The van der Waals surface area contributed by atoms with Crippen molar-refractivity contribution >= 4 is 5.78 Å². The van der Waals surface area contributed by atoms with Gasteiger partial charge < -0.3 is 5.11 Å². The van der Waals surface area contributed by atoms with Crippen molar-refractivity contribution in [1.29, 1.82) is 0 Å². The summed E-state index contributed by atoms with van der Waals surface area (Å²) in [6.07, 6.45) is -0.621. The maximum absolute atomic E-state index is 11.5. The van der Waals surface area contributed by atoms with Gasteiger partial charge in [0.1, 0.15) is 0 Å². The molecule has 64 valence electrons. The summed E-state index contributed by atoms with van der Waals surface area (Å²) in [6, 6.07) is 2.98. The fourth-order valence-electron chi connectivity index (χ4n) is 0.750. The first-order valence-electron chi connectivity index (χ1n) is 5.40. The van der Waals surface area contributed by atoms with Gasteiger partial charge in [-0.15, -0.1) is 0 Å². The zero-order chi connectivity index (χ0) is 12.4. The molecule has 3 nitrogen and oxygen atoms in total. The van der Waals surface area contributed by atoms with Crippen molar-refractivity contribution in [2.45, 2.75) is 12.8 Å². The molecule has 0 aromatic carbocycles. The molecule has 0 aliphatic carbocycles. The maximum atomic E-state index is 11.5. The Labute approximate surface area is 76.7 Å². The molecule has 0 fully saturated rings. The van der Waals surface area contributed by atoms with Crippen LogP contribution in [0.15, 0.2) is 24.5 Å². The number of ketones is 1. The molecular weight excluding hydrogens is 154 g/mol. The molecule has 0 saturated heterocycles. The molecule has 1 aromatic heterocycles. The van der Waals surface area contributed by atoms with Gasteiger partial charge in [0.05, 0.1) is 2.74 Å². The second kappa shape index (κ2) is 4.62. The van der Waals surface area contributed by atoms with Gasteiger partial charge in [-0.05, 0) is 18.5 Å². The fourth-order valence-corrected chi connectivity index (χ4v) is 0.750. The highest BCUT2D eigenvalue weighted by Gasteiger charge is 2.03. The van der Waals surface area contributed by atoms with Gasteiger partial charge in [0.15, 0.2) is 5.78 Å². The number of aromatic nitrogens is 1. The van der Waals surface area contributed by atoms with Crippen LogP contribution < -0.4 is 0 Å². The molecule has 1 rings (SSSR count). The summed E-state index contributed by atoms with van der Waals surface area (Å²) in [5.74, 6) is -0.601. The van der Waals surface area contributed by atoms with Crippen molar-refractivity contribution < 1.29 is 15.4 Å². The first kappa shape index (κ1) is 4.72. The van der Waals surface area contributed by atoms with Crippen LogP contribution in [0.5, 0.6) is 0 Å². The second-order valence-electron chi connectivity index (χ2n) is 2.13. The summed E-state index contributed by atoms with van der Waals surface area (Å²) < 4.78 is 28.3. The molecule has 0 bridgehead atoms. The Hall–Kier alpha value is -1.22. The van der Waals surface area contributed by atoms with Crippen molar-refractivity contribution in [3.05, 3.63) is 30.1 Å². The summed E-state index contributed by atoms with van der Waals surface area (Å²) in [4.78, 5) is 15.2. The molecule has 0 aliphatic heterocycles. The average molecular weight is 169 g/mol. The molecule has 0 spiro atoms. The Balaban J connectivity index is 2.80. The van der Waals surface area contributed by atoms with E-state index in [4.69, 9.17) is 10.6 Å². The summed E-state index contributed by atoms with van der Waals surface area (Å²) in [5.41, 5.74) is 0.190. The monoisotopic (exact) mass is 169 g/mol. The third kappa shape index (κ3) is 2.43. The predicted molar refractivity (Wildman–Crippen MR) is 44.9 cm³/mol. The minimum Gasteiger partial charge on any atom is -0.396 e. The Morgan fingerprint density at radius 1 is 1.75 bits per heavy atom. The Bertz CT molecular complexity index is 375. The van der Waals surface area contributed by atoms with E-state index in [1.807, 2.05) is 0 Å². The van der Waals surface area contributed by atoms with E-state index in [2.05, 4.69) is 4.98 Å². The van der Waals surface area contributed by atoms with Crippen LogP contribution >= 0.6 is 0 Å². The molecule has 0 aliphatic rings. The normalized spacial score (nSPS) is 17.1. The minimum atomic E-state index is -3.05. The molecule has 0 amide bonds. The lowest BCUT2D eigenvalue weighted by Crippen LogP contribution is -2.00. The molecule has 0 saturated carbocycles. The first-order valence-corrected chi connectivity index (χ1v) is 3.40. The first-order chi connectivity index (χ1) is 7.24. The Morgan fingerprint density at radius 3 is 3.17 bits per heavy atom. The molecule has 3 heteroatoms. The Morgan fingerprint density at radius 2 is 2.58 bits per heavy atom. The summed E-state index contributed by atoms with van der Waals surface area (Å²) in [6.45, 7) is -3.05. The number of nitrogens with zero attached hydrogens (tertiary/aromatic N) is 1. The molecule has 1 heterocycles. The average Bonchev–Trinajstić information content (AvgIpc) is 2.16. The number of Topliss-reactive ketones (excluding diaryl/α,β-unsaturated/α-hetero) is 1. The largest absolute Gasteiger partial charge is 0.396 e. The van der Waals surface area contributed by atoms with Crippen LogP contribution in [-0.2, 0) is 0 Å². The standard InChI is InChI=1S/C9H11NO2/c11-6-2-4-9(12)8-3-1-5-10-7-8/h1,3,5,7,11H,2,4,6H2/i2D2,6D2. The lowest BCUT2D eigenvalue weighted by molar-refractivity contribution is 0.0971. The van der Waals surface area contributed by atoms with Crippen LogP contribution in [0.4, 0.5) is 0 Å². The number of carbonyl (C=O) groups is 1. The van der Waals surface area contributed by atoms with E-state index in [1.54, 1.807) is 0 Å². The van der Waals surface area contributed by atoms with E-state index in [-0.39, 0.29) is 5.56 Å². The molecule has 0 radical (unpaired) electrons. The Kier molecular flexibility index (Phi) is 1.82. The van der Waals surface area contributed by atoms with Crippen LogP contribution in [0.2, 0.25) is 0 Å². The van der Waals surface area contributed by atoms with Gasteiger partial charge in [0.2, 0.25) is 0 Å². The lowest BCUT2D eigenvalue weighted by Gasteiger charge is -1.97. The molecule has 1 N–H and O–H groups in total. The quantitative estimate of drug-likeness (QED) is 0.685. The number of hydrogen-bond acceptors (Lipinski definition) is 3. The number of carbonyl (C=O) groups excluding carboxylic acids is 1. The zero-order valence-electron chi connectivity index (χ0n) is 10.3. The molecule has 12 heavy (non-hydrogen) atoms. The molecule has 1 aromatic rings. The van der Waals surface area contributed by atoms with E-state index in [9.17, 15) is 4.79 Å². The second-order valence-corrected chi connectivity index (χ2v) is 2.13. The third-order valence-corrected chi connectivity index (χ3v) is 1.31. The maximum Gasteiger partial charge on any atom is 0.164 e. The van der Waals surface area contributed by atoms with Crippen LogP contribution in [0.3, 0.4) is 0 Å². The van der Waals surface area contributed by atoms with Gasteiger partial charge >= 0.3 is 0 Å². The number of pyridine rings is 1. The van der Waals surface area contributed by atoms with Crippen LogP contribution in [-0.4, -0.2) is 22.4 Å². The van der Waals surface area contributed by atoms with Gasteiger partial charge in [-0.3, -0.25) is 9.78 Å². The van der Waals surface area contributed by atoms with Crippen molar-refractivity contribution in [3.63, 3.8) is 0 Å². The highest BCUT2D eigenvalue weighted by Crippen LogP contribution is 2.02. The highest BCUT2D eigenvalue weighted by atomic mass is 16.3. The van der Waals surface area contributed by atoms with Gasteiger partial charge in [-0.1, -0.05) is 0 Å². The van der Waals surface area contributed by atoms with Crippen LogP contribution in [0.1, 0.15) is 28.6 Å². The van der Waals surface area contributed by atoms with Gasteiger partial charge in [0.25, 0.3) is 0 Å².